The second-order valence-electron chi connectivity index (χ2n) is 12.5. The molecule has 4 heteroatoms. The van der Waals surface area contributed by atoms with Crippen molar-refractivity contribution in [2.75, 3.05) is 0 Å². The maximum absolute atomic E-state index is 5.47. The molecule has 0 radical (unpaired) electrons. The third kappa shape index (κ3) is 3.52. The van der Waals surface area contributed by atoms with Gasteiger partial charge in [0.15, 0.2) is 0 Å². The quantitative estimate of drug-likeness (QED) is 0.179. The Bertz CT molecular complexity index is 3080. The number of hydrogen-bond acceptors (Lipinski definition) is 3. The lowest BCUT2D eigenvalue weighted by Crippen LogP contribution is -2.02. The van der Waals surface area contributed by atoms with Crippen LogP contribution in [-0.4, -0.2) is 14.5 Å². The molecule has 0 bridgehead atoms. The largest absolute Gasteiger partial charge is 0.278 e. The van der Waals surface area contributed by atoms with Crippen LogP contribution in [0.25, 0.3) is 102 Å². The highest BCUT2D eigenvalue weighted by atomic mass is 32.1. The van der Waals surface area contributed by atoms with E-state index in [2.05, 4.69) is 156 Å². The van der Waals surface area contributed by atoms with E-state index in [1.807, 2.05) is 0 Å². The second-order valence-corrected chi connectivity index (χ2v) is 13.6. The van der Waals surface area contributed by atoms with Crippen molar-refractivity contribution in [2.45, 2.75) is 0 Å². The predicted octanol–water partition coefficient (Wildman–Crippen LogP) is 12.2. The fourth-order valence-corrected chi connectivity index (χ4v) is 8.99. The number of aromatic nitrogens is 3. The van der Waals surface area contributed by atoms with Crippen molar-refractivity contribution in [2.24, 2.45) is 0 Å². The molecule has 48 heavy (non-hydrogen) atoms. The molecule has 11 aromatic rings. The van der Waals surface area contributed by atoms with E-state index in [1.54, 1.807) is 11.3 Å². The lowest BCUT2D eigenvalue weighted by atomic mass is 9.91. The topological polar surface area (TPSA) is 30.7 Å². The molecular weight excluding hydrogens is 603 g/mol. The first-order valence-corrected chi connectivity index (χ1v) is 17.1. The molecule has 0 fully saturated rings. The number of benzene rings is 8. The Morgan fingerprint density at radius 1 is 0.417 bits per heavy atom. The van der Waals surface area contributed by atoms with Gasteiger partial charge < -0.3 is 0 Å². The molecule has 3 heterocycles. The smallest absolute Gasteiger partial charge is 0.236 e. The van der Waals surface area contributed by atoms with Gasteiger partial charge in [-0.05, 0) is 62.0 Å². The van der Waals surface area contributed by atoms with Crippen LogP contribution in [0, 0.1) is 0 Å². The molecule has 3 aromatic heterocycles. The van der Waals surface area contributed by atoms with Gasteiger partial charge in [0.25, 0.3) is 0 Å². The standard InChI is InChI=1S/C44H25N3S/c1-2-12-26(13-3-1)42-41-34-20-10-11-21-38(34)48-43(41)46-44(45-42)47-36-23-22-33-31-18-7-6-16-29(31)30-17-8-9-19-32(30)39(33)40(36)35-24-27-14-4-5-15-28(27)25-37(35)47/h1-25H. The fraction of sp³-hybridized carbons (Fsp3) is 0. The number of fused-ring (bicyclic) bond motifs is 14. The van der Waals surface area contributed by atoms with E-state index in [9.17, 15) is 0 Å². The number of rotatable bonds is 2. The third-order valence-electron chi connectivity index (χ3n) is 9.98. The van der Waals surface area contributed by atoms with Crippen molar-refractivity contribution < 1.29 is 0 Å². The molecule has 3 nitrogen and oxygen atoms in total. The molecule has 222 valence electrons. The van der Waals surface area contributed by atoms with Crippen LogP contribution in [0.1, 0.15) is 0 Å². The van der Waals surface area contributed by atoms with Crippen LogP contribution in [-0.2, 0) is 0 Å². The zero-order valence-corrected chi connectivity index (χ0v) is 26.5. The normalized spacial score (nSPS) is 12.2. The summed E-state index contributed by atoms with van der Waals surface area (Å²) in [6.07, 6.45) is 0. The Morgan fingerprint density at radius 2 is 1.02 bits per heavy atom. The molecular formula is C44H25N3S. The van der Waals surface area contributed by atoms with Crippen molar-refractivity contribution in [3.63, 3.8) is 0 Å². The van der Waals surface area contributed by atoms with Gasteiger partial charge in [0.2, 0.25) is 5.95 Å². The van der Waals surface area contributed by atoms with Gasteiger partial charge in [-0.15, -0.1) is 11.3 Å². The molecule has 0 saturated heterocycles. The van der Waals surface area contributed by atoms with Crippen LogP contribution in [0.5, 0.6) is 0 Å². The van der Waals surface area contributed by atoms with Crippen LogP contribution in [0.4, 0.5) is 0 Å². The first-order chi connectivity index (χ1) is 23.8. The van der Waals surface area contributed by atoms with E-state index in [-0.39, 0.29) is 0 Å². The minimum atomic E-state index is 0.688. The molecule has 0 spiro atoms. The van der Waals surface area contributed by atoms with Gasteiger partial charge in [0.1, 0.15) is 4.83 Å². The molecule has 0 amide bonds. The second kappa shape index (κ2) is 9.71. The number of hydrogen-bond donors (Lipinski definition) is 0. The summed E-state index contributed by atoms with van der Waals surface area (Å²) in [7, 11) is 0. The minimum absolute atomic E-state index is 0.688. The van der Waals surface area contributed by atoms with E-state index >= 15 is 0 Å². The molecule has 0 N–H and O–H groups in total. The summed E-state index contributed by atoms with van der Waals surface area (Å²) in [5, 5.41) is 14.8. The van der Waals surface area contributed by atoms with Crippen LogP contribution in [0.2, 0.25) is 0 Å². The van der Waals surface area contributed by atoms with E-state index < -0.39 is 0 Å². The number of thiophene rings is 1. The maximum Gasteiger partial charge on any atom is 0.236 e. The molecule has 0 atom stereocenters. The monoisotopic (exact) mass is 627 g/mol. The highest BCUT2D eigenvalue weighted by molar-refractivity contribution is 7.25. The average Bonchev–Trinajstić information content (AvgIpc) is 3.69. The molecule has 0 aliphatic rings. The van der Waals surface area contributed by atoms with Gasteiger partial charge in [0, 0.05) is 37.2 Å². The Labute approximate surface area is 278 Å². The highest BCUT2D eigenvalue weighted by Crippen LogP contribution is 2.45. The van der Waals surface area contributed by atoms with Crippen molar-refractivity contribution in [3.05, 3.63) is 152 Å². The van der Waals surface area contributed by atoms with Gasteiger partial charge in [-0.25, -0.2) is 9.97 Å². The van der Waals surface area contributed by atoms with Crippen molar-refractivity contribution in [3.8, 4) is 17.2 Å². The van der Waals surface area contributed by atoms with Crippen LogP contribution >= 0.6 is 11.3 Å². The Kier molecular flexibility index (Phi) is 5.26. The summed E-state index contributed by atoms with van der Waals surface area (Å²) in [6.45, 7) is 0. The molecule has 8 aromatic carbocycles. The SMILES string of the molecule is c1ccc(-c2nc(-n3c4cc5ccccc5cc4c4c5c6ccccc6c6ccccc6c5ccc43)nc3sc4ccccc4c23)cc1. The van der Waals surface area contributed by atoms with Gasteiger partial charge in [-0.3, -0.25) is 4.57 Å². The molecule has 0 unspecified atom stereocenters. The lowest BCUT2D eigenvalue weighted by molar-refractivity contribution is 1.02. The van der Waals surface area contributed by atoms with Gasteiger partial charge in [-0.1, -0.05) is 127 Å². The first-order valence-electron chi connectivity index (χ1n) is 16.3. The highest BCUT2D eigenvalue weighted by Gasteiger charge is 2.22. The Balaban J connectivity index is 1.37. The van der Waals surface area contributed by atoms with E-state index in [0.717, 1.165) is 32.5 Å². The predicted molar refractivity (Wildman–Crippen MR) is 205 cm³/mol. The number of nitrogens with zero attached hydrogens (tertiary/aromatic N) is 3. The van der Waals surface area contributed by atoms with Crippen LogP contribution < -0.4 is 0 Å². The van der Waals surface area contributed by atoms with Crippen molar-refractivity contribution in [1.82, 2.24) is 14.5 Å². The summed E-state index contributed by atoms with van der Waals surface area (Å²) in [4.78, 5) is 11.8. The maximum atomic E-state index is 5.47. The van der Waals surface area contributed by atoms with Gasteiger partial charge in [-0.2, -0.15) is 0 Å². The van der Waals surface area contributed by atoms with E-state index in [1.165, 1.54) is 63.9 Å². The van der Waals surface area contributed by atoms with Gasteiger partial charge >= 0.3 is 0 Å². The lowest BCUT2D eigenvalue weighted by Gasteiger charge is -2.13. The Hall–Kier alpha value is -6.10. The van der Waals surface area contributed by atoms with E-state index in [0.29, 0.717) is 5.95 Å². The third-order valence-corrected chi connectivity index (χ3v) is 11.0. The summed E-state index contributed by atoms with van der Waals surface area (Å²) >= 11 is 1.74. The van der Waals surface area contributed by atoms with Crippen LogP contribution in [0.3, 0.4) is 0 Å². The molecule has 11 rings (SSSR count). The van der Waals surface area contributed by atoms with Crippen molar-refractivity contribution in [1.29, 1.82) is 0 Å². The van der Waals surface area contributed by atoms with E-state index in [4.69, 9.17) is 9.97 Å². The summed E-state index contributed by atoms with van der Waals surface area (Å²) in [6, 6.07) is 54.7. The zero-order chi connectivity index (χ0) is 31.3. The summed E-state index contributed by atoms with van der Waals surface area (Å²) < 4.78 is 3.52. The molecule has 0 saturated carbocycles. The molecule has 0 aliphatic carbocycles. The average molecular weight is 628 g/mol. The van der Waals surface area contributed by atoms with Crippen molar-refractivity contribution >= 4 is 96.5 Å². The minimum Gasteiger partial charge on any atom is -0.278 e. The fourth-order valence-electron chi connectivity index (χ4n) is 7.92. The molecule has 0 aliphatic heterocycles. The van der Waals surface area contributed by atoms with Crippen LogP contribution in [0.15, 0.2) is 152 Å². The Morgan fingerprint density at radius 3 is 1.79 bits per heavy atom. The summed E-state index contributed by atoms with van der Waals surface area (Å²) in [5.74, 6) is 0.688. The zero-order valence-electron chi connectivity index (χ0n) is 25.7. The summed E-state index contributed by atoms with van der Waals surface area (Å²) in [5.41, 5.74) is 4.26. The van der Waals surface area contributed by atoms with Gasteiger partial charge in [0.05, 0.1) is 16.7 Å². The first kappa shape index (κ1) is 26.0.